The number of methoxy groups -OCH3 is 1. The van der Waals surface area contributed by atoms with Gasteiger partial charge in [-0.2, -0.15) is 5.21 Å². The first-order valence-electron chi connectivity index (χ1n) is 10.7. The molecule has 1 aliphatic rings. The highest BCUT2D eigenvalue weighted by Gasteiger charge is 2.24. The van der Waals surface area contributed by atoms with E-state index in [0.29, 0.717) is 47.5 Å². The lowest BCUT2D eigenvalue weighted by Gasteiger charge is -2.25. The highest BCUT2D eigenvalue weighted by Crippen LogP contribution is 2.37. The molecule has 1 fully saturated rings. The number of amides is 1. The van der Waals surface area contributed by atoms with Crippen molar-refractivity contribution in [2.75, 3.05) is 25.2 Å². The maximum absolute atomic E-state index is 13.6. The highest BCUT2D eigenvalue weighted by atomic mass is 16.6. The molecule has 2 aromatic carbocycles. The molecule has 34 heavy (non-hydrogen) atoms. The second-order valence-corrected chi connectivity index (χ2v) is 7.60. The summed E-state index contributed by atoms with van der Waals surface area (Å²) in [4.78, 5) is 19.3. The number of hydrogen-bond donors (Lipinski definition) is 1. The third-order valence-electron chi connectivity index (χ3n) is 5.43. The van der Waals surface area contributed by atoms with Gasteiger partial charge in [0.05, 0.1) is 31.6 Å². The molecule has 1 saturated heterocycles. The summed E-state index contributed by atoms with van der Waals surface area (Å²) in [5.41, 5.74) is 2.50. The van der Waals surface area contributed by atoms with E-state index < -0.39 is 0 Å². The summed E-state index contributed by atoms with van der Waals surface area (Å²) in [6.07, 6.45) is 3.90. The maximum atomic E-state index is 13.6. The first-order valence-corrected chi connectivity index (χ1v) is 10.7. The van der Waals surface area contributed by atoms with Gasteiger partial charge < -0.3 is 14.2 Å². The van der Waals surface area contributed by atoms with Gasteiger partial charge >= 0.3 is 0 Å². The smallest absolute Gasteiger partial charge is 0.264 e. The van der Waals surface area contributed by atoms with Gasteiger partial charge in [0.1, 0.15) is 6.10 Å². The summed E-state index contributed by atoms with van der Waals surface area (Å²) in [5.74, 6) is 1.36. The zero-order valence-corrected chi connectivity index (χ0v) is 18.4. The number of aromatic nitrogens is 5. The van der Waals surface area contributed by atoms with Gasteiger partial charge in [-0.1, -0.05) is 0 Å². The number of nitrogens with one attached hydrogen (secondary N) is 1. The molecule has 0 spiro atoms. The number of ether oxygens (including phenoxy) is 3. The average Bonchev–Trinajstić information content (AvgIpc) is 3.60. The van der Waals surface area contributed by atoms with Crippen LogP contribution in [0.1, 0.15) is 16.8 Å². The third kappa shape index (κ3) is 4.44. The normalized spacial score (nSPS) is 15.1. The standard InChI is InChI=1S/C24H22N6O4/c1-32-21-9-8-19(13-22(21)34-20-10-12-33-15-20)30(24(31)17-3-2-11-25-14-17)18-6-4-16(5-7-18)23-26-28-29-27-23/h2-9,11,13-14,20H,10,12,15H2,1H3,(H,26,27,28,29)/t20-/m1/s1. The van der Waals surface area contributed by atoms with E-state index in [2.05, 4.69) is 25.6 Å². The zero-order valence-electron chi connectivity index (χ0n) is 18.4. The van der Waals surface area contributed by atoms with Gasteiger partial charge in [-0.25, -0.2) is 0 Å². The van der Waals surface area contributed by atoms with Crippen LogP contribution in [0.4, 0.5) is 11.4 Å². The van der Waals surface area contributed by atoms with Crippen LogP contribution in [-0.2, 0) is 4.74 Å². The van der Waals surface area contributed by atoms with Gasteiger partial charge in [-0.3, -0.25) is 14.7 Å². The molecule has 10 nitrogen and oxygen atoms in total. The molecular weight excluding hydrogens is 436 g/mol. The summed E-state index contributed by atoms with van der Waals surface area (Å²) in [6.45, 7) is 1.17. The summed E-state index contributed by atoms with van der Waals surface area (Å²) < 4.78 is 17.1. The average molecular weight is 458 g/mol. The van der Waals surface area contributed by atoms with Crippen LogP contribution < -0.4 is 14.4 Å². The van der Waals surface area contributed by atoms with Crippen molar-refractivity contribution < 1.29 is 19.0 Å². The molecule has 3 heterocycles. The van der Waals surface area contributed by atoms with Gasteiger partial charge in [0.25, 0.3) is 5.91 Å². The molecular formula is C24H22N6O4. The number of carbonyl (C=O) groups excluding carboxylic acids is 1. The van der Waals surface area contributed by atoms with E-state index in [1.165, 1.54) is 0 Å². The van der Waals surface area contributed by atoms with Crippen molar-refractivity contribution in [2.24, 2.45) is 0 Å². The van der Waals surface area contributed by atoms with Crippen LogP contribution in [0.3, 0.4) is 0 Å². The van der Waals surface area contributed by atoms with E-state index in [0.717, 1.165) is 12.0 Å². The topological polar surface area (TPSA) is 115 Å². The Morgan fingerprint density at radius 1 is 1.12 bits per heavy atom. The van der Waals surface area contributed by atoms with Gasteiger partial charge in [0.15, 0.2) is 11.5 Å². The van der Waals surface area contributed by atoms with Crippen LogP contribution in [0, 0.1) is 0 Å². The molecule has 2 aromatic heterocycles. The summed E-state index contributed by atoms with van der Waals surface area (Å²) >= 11 is 0. The van der Waals surface area contributed by atoms with E-state index in [9.17, 15) is 4.79 Å². The van der Waals surface area contributed by atoms with Crippen LogP contribution in [0.15, 0.2) is 67.0 Å². The Morgan fingerprint density at radius 2 is 1.97 bits per heavy atom. The molecule has 0 bridgehead atoms. The number of anilines is 2. The number of benzene rings is 2. The SMILES string of the molecule is COc1ccc(N(C(=O)c2cccnc2)c2ccc(-c3nn[nH]n3)cc2)cc1O[C@@H]1CCOC1. The fraction of sp³-hybridized carbons (Fsp3) is 0.208. The van der Waals surface area contributed by atoms with Gasteiger partial charge in [-0.05, 0) is 53.7 Å². The third-order valence-corrected chi connectivity index (χ3v) is 5.43. The lowest BCUT2D eigenvalue weighted by Crippen LogP contribution is -2.26. The minimum absolute atomic E-state index is 0.0686. The van der Waals surface area contributed by atoms with E-state index in [1.807, 2.05) is 30.3 Å². The van der Waals surface area contributed by atoms with Crippen LogP contribution >= 0.6 is 0 Å². The number of carbonyl (C=O) groups is 1. The van der Waals surface area contributed by atoms with Gasteiger partial charge in [0.2, 0.25) is 5.82 Å². The number of aromatic amines is 1. The van der Waals surface area contributed by atoms with E-state index in [-0.39, 0.29) is 12.0 Å². The molecule has 0 unspecified atom stereocenters. The van der Waals surface area contributed by atoms with E-state index >= 15 is 0 Å². The van der Waals surface area contributed by atoms with Crippen molar-refractivity contribution in [3.8, 4) is 22.9 Å². The molecule has 1 N–H and O–H groups in total. The lowest BCUT2D eigenvalue weighted by atomic mass is 10.1. The highest BCUT2D eigenvalue weighted by molar-refractivity contribution is 6.11. The minimum atomic E-state index is -0.235. The molecule has 0 saturated carbocycles. The molecule has 10 heteroatoms. The molecule has 5 rings (SSSR count). The Labute approximate surface area is 195 Å². The van der Waals surface area contributed by atoms with Crippen molar-refractivity contribution >= 4 is 17.3 Å². The summed E-state index contributed by atoms with van der Waals surface area (Å²) in [5, 5.41) is 14.0. The second kappa shape index (κ2) is 9.67. The van der Waals surface area contributed by atoms with Crippen LogP contribution in [0.25, 0.3) is 11.4 Å². The van der Waals surface area contributed by atoms with Gasteiger partial charge in [-0.15, -0.1) is 10.2 Å². The molecule has 1 atom stereocenters. The fourth-order valence-corrected chi connectivity index (χ4v) is 3.73. The first kappa shape index (κ1) is 21.5. The summed E-state index contributed by atoms with van der Waals surface area (Å²) in [6, 6.07) is 16.2. The molecule has 4 aromatic rings. The quantitative estimate of drug-likeness (QED) is 0.448. The molecule has 1 aliphatic heterocycles. The van der Waals surface area contributed by atoms with E-state index in [1.54, 1.807) is 48.7 Å². The predicted octanol–water partition coefficient (Wildman–Crippen LogP) is 3.42. The summed E-state index contributed by atoms with van der Waals surface area (Å²) in [7, 11) is 1.59. The Morgan fingerprint density at radius 3 is 2.65 bits per heavy atom. The van der Waals surface area contributed by atoms with Crippen LogP contribution in [0.2, 0.25) is 0 Å². The molecule has 0 aliphatic carbocycles. The Balaban J connectivity index is 1.55. The van der Waals surface area contributed by atoms with Crippen LogP contribution in [0.5, 0.6) is 11.5 Å². The molecule has 1 amide bonds. The Hall–Kier alpha value is -4.31. The largest absolute Gasteiger partial charge is 0.493 e. The van der Waals surface area contributed by atoms with Crippen molar-refractivity contribution in [2.45, 2.75) is 12.5 Å². The predicted molar refractivity (Wildman–Crippen MR) is 123 cm³/mol. The maximum Gasteiger partial charge on any atom is 0.264 e. The number of H-pyrrole nitrogens is 1. The van der Waals surface area contributed by atoms with Crippen molar-refractivity contribution in [1.29, 1.82) is 0 Å². The molecule has 0 radical (unpaired) electrons. The van der Waals surface area contributed by atoms with Crippen LogP contribution in [-0.4, -0.2) is 57.9 Å². The van der Waals surface area contributed by atoms with Gasteiger partial charge in [0, 0.05) is 36.1 Å². The number of nitrogens with zero attached hydrogens (tertiary/aromatic N) is 5. The Bertz CT molecular complexity index is 1240. The van der Waals surface area contributed by atoms with Crippen molar-refractivity contribution in [1.82, 2.24) is 25.6 Å². The monoisotopic (exact) mass is 458 g/mol. The first-order chi connectivity index (χ1) is 16.7. The van der Waals surface area contributed by atoms with Crippen molar-refractivity contribution in [3.63, 3.8) is 0 Å². The number of rotatable bonds is 7. The second-order valence-electron chi connectivity index (χ2n) is 7.60. The Kier molecular flexibility index (Phi) is 6.13. The number of hydrogen-bond acceptors (Lipinski definition) is 8. The van der Waals surface area contributed by atoms with E-state index in [4.69, 9.17) is 14.2 Å². The fourth-order valence-electron chi connectivity index (χ4n) is 3.73. The zero-order chi connectivity index (χ0) is 23.3. The minimum Gasteiger partial charge on any atom is -0.493 e. The number of pyridine rings is 1. The lowest BCUT2D eigenvalue weighted by molar-refractivity contribution is 0.0999. The number of tetrazole rings is 1. The molecule has 172 valence electrons. The van der Waals surface area contributed by atoms with Crippen molar-refractivity contribution in [3.05, 3.63) is 72.6 Å².